The fourth-order valence-corrected chi connectivity index (χ4v) is 6.84. The number of benzene rings is 2. The lowest BCUT2D eigenvalue weighted by atomic mass is 10.2. The van der Waals surface area contributed by atoms with E-state index in [1.165, 1.54) is 21.9 Å². The number of amides is 4. The number of nitrogens with one attached hydrogen (secondary N) is 2. The van der Waals surface area contributed by atoms with Crippen LogP contribution in [0.4, 0.5) is 21.0 Å². The number of thiocarbonyl (C=S) groups is 2. The largest absolute Gasteiger partial charge is 0.506 e. The van der Waals surface area contributed by atoms with Gasteiger partial charge in [-0.3, -0.25) is 29.0 Å². The van der Waals surface area contributed by atoms with E-state index in [1.807, 2.05) is 0 Å². The molecule has 40 heavy (non-hydrogen) atoms. The minimum atomic E-state index is -0.316. The Bertz CT molecular complexity index is 1320. The first-order valence-electron chi connectivity index (χ1n) is 12.1. The molecular weight excluding hydrogens is 593 g/mol. The van der Waals surface area contributed by atoms with Gasteiger partial charge >= 0.3 is 0 Å². The third kappa shape index (κ3) is 6.99. The van der Waals surface area contributed by atoms with Crippen molar-refractivity contribution in [2.24, 2.45) is 0 Å². The average molecular weight is 617 g/mol. The highest BCUT2D eigenvalue weighted by Gasteiger charge is 2.40. The van der Waals surface area contributed by atoms with Crippen LogP contribution < -0.4 is 10.6 Å². The number of nitrogens with zero attached hydrogens (tertiary/aromatic N) is 2. The van der Waals surface area contributed by atoms with Gasteiger partial charge in [0, 0.05) is 25.9 Å². The van der Waals surface area contributed by atoms with E-state index in [-0.39, 0.29) is 69.7 Å². The van der Waals surface area contributed by atoms with Gasteiger partial charge in [-0.25, -0.2) is 0 Å². The Labute approximate surface area is 249 Å². The van der Waals surface area contributed by atoms with Crippen molar-refractivity contribution in [3.63, 3.8) is 0 Å². The monoisotopic (exact) mass is 616 g/mol. The maximum absolute atomic E-state index is 12.7. The number of aromatic hydroxyl groups is 2. The number of rotatable bonds is 10. The van der Waals surface area contributed by atoms with Crippen molar-refractivity contribution in [3.8, 4) is 11.5 Å². The predicted octanol–water partition coefficient (Wildman–Crippen LogP) is 5.44. The first kappa shape index (κ1) is 29.5. The van der Waals surface area contributed by atoms with E-state index in [0.29, 0.717) is 34.0 Å². The van der Waals surface area contributed by atoms with Crippen molar-refractivity contribution in [2.45, 2.75) is 25.7 Å². The van der Waals surface area contributed by atoms with Gasteiger partial charge in [-0.2, -0.15) is 0 Å². The quantitative estimate of drug-likeness (QED) is 0.155. The van der Waals surface area contributed by atoms with E-state index in [1.54, 1.807) is 36.4 Å². The fourth-order valence-electron chi connectivity index (χ4n) is 3.84. The van der Waals surface area contributed by atoms with E-state index in [4.69, 9.17) is 24.4 Å². The summed E-state index contributed by atoms with van der Waals surface area (Å²) < 4.78 is 0. The van der Waals surface area contributed by atoms with E-state index in [2.05, 4.69) is 10.6 Å². The molecule has 0 aromatic heterocycles. The number of phenols is 2. The molecule has 0 aliphatic carbocycles. The minimum absolute atomic E-state index is 0.0382. The van der Waals surface area contributed by atoms with Crippen LogP contribution in [-0.4, -0.2) is 65.4 Å². The molecule has 208 valence electrons. The normalized spacial score (nSPS) is 17.1. The van der Waals surface area contributed by atoms with Crippen LogP contribution in [0.5, 0.6) is 11.5 Å². The molecule has 2 aromatic rings. The molecule has 14 heteroatoms. The number of hydrogen-bond donors (Lipinski definition) is 4. The summed E-state index contributed by atoms with van der Waals surface area (Å²) in [6.07, 6.45) is 0.877. The summed E-state index contributed by atoms with van der Waals surface area (Å²) in [5.41, 5.74) is 0.611. The van der Waals surface area contributed by atoms with Gasteiger partial charge in [0.15, 0.2) is 0 Å². The van der Waals surface area contributed by atoms with Gasteiger partial charge in [-0.15, -0.1) is 0 Å². The second-order valence-corrected chi connectivity index (χ2v) is 11.3. The molecule has 0 radical (unpaired) electrons. The van der Waals surface area contributed by atoms with Crippen molar-refractivity contribution in [2.75, 3.05) is 23.7 Å². The number of hydrogen-bond acceptors (Lipinski definition) is 10. The lowest BCUT2D eigenvalue weighted by Crippen LogP contribution is -2.30. The predicted molar refractivity (Wildman–Crippen MR) is 164 cm³/mol. The lowest BCUT2D eigenvalue weighted by molar-refractivity contribution is -0.117. The van der Waals surface area contributed by atoms with Gasteiger partial charge in [0.25, 0.3) is 10.5 Å². The minimum Gasteiger partial charge on any atom is -0.506 e. The number of para-hydroxylation sites is 4. The molecule has 0 saturated carbocycles. The van der Waals surface area contributed by atoms with Gasteiger partial charge in [0.1, 0.15) is 21.5 Å². The second kappa shape index (κ2) is 13.3. The molecule has 0 atom stereocenters. The molecule has 0 spiro atoms. The van der Waals surface area contributed by atoms with Gasteiger partial charge in [-0.1, -0.05) is 48.7 Å². The topological polar surface area (TPSA) is 139 Å². The third-order valence-electron chi connectivity index (χ3n) is 5.83. The number of carbonyl (C=O) groups is 4. The molecule has 0 bridgehead atoms. The number of carbonyl (C=O) groups excluding carboxylic acids is 4. The van der Waals surface area contributed by atoms with Gasteiger partial charge in [0.05, 0.1) is 21.2 Å². The molecule has 4 amide bonds. The first-order chi connectivity index (χ1) is 19.2. The molecule has 2 saturated heterocycles. The molecule has 4 rings (SSSR count). The Balaban J connectivity index is 1.28. The Kier molecular flexibility index (Phi) is 9.79. The van der Waals surface area contributed by atoms with Crippen LogP contribution in [0, 0.1) is 0 Å². The molecular formula is C26H24N4O6S4. The zero-order valence-corrected chi connectivity index (χ0v) is 24.2. The zero-order chi connectivity index (χ0) is 28.8. The molecule has 2 aliphatic heterocycles. The summed E-state index contributed by atoms with van der Waals surface area (Å²) in [5.74, 6) is -0.700. The molecule has 2 heterocycles. The first-order valence-corrected chi connectivity index (χ1v) is 14.6. The van der Waals surface area contributed by atoms with Gasteiger partial charge < -0.3 is 20.8 Å². The summed E-state index contributed by atoms with van der Waals surface area (Å²) in [5, 5.41) is 24.2. The number of anilines is 2. The van der Waals surface area contributed by atoms with E-state index < -0.39 is 0 Å². The standard InChI is InChI=1S/C26H24N4O6S4/c31-17-9-3-1-7-15(17)27-19(33)11-5-13-29-23(37)21(39-25(29)35)22-24(38)30(26(36)40-22)14-6-12-20(34)28-16-8-2-4-10-18(16)32/h1-4,7-10,31-32H,5-6,11-14H2,(H,27,33)(H,28,34). The molecule has 0 unspecified atom stereocenters. The summed E-state index contributed by atoms with van der Waals surface area (Å²) >= 11 is 12.8. The van der Waals surface area contributed by atoms with Crippen molar-refractivity contribution in [1.29, 1.82) is 0 Å². The molecule has 2 fully saturated rings. The summed E-state index contributed by atoms with van der Waals surface area (Å²) in [7, 11) is 0. The Hall–Kier alpha value is -3.46. The Morgan fingerprint density at radius 1 is 0.700 bits per heavy atom. The van der Waals surface area contributed by atoms with Crippen molar-refractivity contribution in [1.82, 2.24) is 9.80 Å². The Morgan fingerprint density at radius 3 is 1.45 bits per heavy atom. The third-order valence-corrected chi connectivity index (χ3v) is 9.06. The SMILES string of the molecule is O=C(CCCN1C(=O)SC(=C2SC(=O)N(CCCC(=O)Nc3ccccc3O)C2=S)C1=S)Nc1ccccc1O. The van der Waals surface area contributed by atoms with Crippen LogP contribution in [0.1, 0.15) is 25.7 Å². The summed E-state index contributed by atoms with van der Waals surface area (Å²) in [4.78, 5) is 54.0. The van der Waals surface area contributed by atoms with Gasteiger partial charge in [-0.05, 0) is 60.6 Å². The lowest BCUT2D eigenvalue weighted by Gasteiger charge is -2.16. The maximum atomic E-state index is 12.7. The second-order valence-electron chi connectivity index (χ2n) is 8.65. The molecule has 4 N–H and O–H groups in total. The van der Waals surface area contributed by atoms with E-state index >= 15 is 0 Å². The van der Waals surface area contributed by atoms with E-state index in [0.717, 1.165) is 23.5 Å². The number of phenolic OH excluding ortho intramolecular Hbond substituents is 2. The highest BCUT2D eigenvalue weighted by molar-refractivity contribution is 8.23. The van der Waals surface area contributed by atoms with Crippen LogP contribution >= 0.6 is 48.0 Å². The smallest absolute Gasteiger partial charge is 0.291 e. The van der Waals surface area contributed by atoms with E-state index in [9.17, 15) is 29.4 Å². The van der Waals surface area contributed by atoms with Crippen molar-refractivity contribution >= 4 is 91.6 Å². The average Bonchev–Trinajstić information content (AvgIpc) is 3.35. The Morgan fingerprint density at radius 2 is 1.07 bits per heavy atom. The van der Waals surface area contributed by atoms with Crippen molar-refractivity contribution < 1.29 is 29.4 Å². The van der Waals surface area contributed by atoms with Crippen LogP contribution in [0.2, 0.25) is 0 Å². The van der Waals surface area contributed by atoms with Crippen LogP contribution in [0.15, 0.2) is 58.3 Å². The van der Waals surface area contributed by atoms with Crippen LogP contribution in [0.25, 0.3) is 0 Å². The molecule has 2 aliphatic rings. The highest BCUT2D eigenvalue weighted by Crippen LogP contribution is 2.43. The van der Waals surface area contributed by atoms with Crippen LogP contribution in [-0.2, 0) is 9.59 Å². The summed E-state index contributed by atoms with van der Waals surface area (Å²) in [6.45, 7) is 0.410. The van der Waals surface area contributed by atoms with Crippen LogP contribution in [0.3, 0.4) is 0 Å². The fraction of sp³-hybridized carbons (Fsp3) is 0.231. The molecule has 2 aromatic carbocycles. The van der Waals surface area contributed by atoms with Gasteiger partial charge in [0.2, 0.25) is 11.8 Å². The highest BCUT2D eigenvalue weighted by atomic mass is 32.2. The van der Waals surface area contributed by atoms with Crippen molar-refractivity contribution in [3.05, 3.63) is 58.3 Å². The maximum Gasteiger partial charge on any atom is 0.291 e. The zero-order valence-electron chi connectivity index (χ0n) is 20.9. The number of thioether (sulfide) groups is 2. The summed E-state index contributed by atoms with van der Waals surface area (Å²) in [6, 6.07) is 12.8. The molecule has 10 nitrogen and oxygen atoms in total.